The maximum Gasteiger partial charge on any atom is 0.338 e. The van der Waals surface area contributed by atoms with Crippen LogP contribution in [0.25, 0.3) is 0 Å². The van der Waals surface area contributed by atoms with Crippen LogP contribution in [0.2, 0.25) is 0 Å². The first kappa shape index (κ1) is 23.8. The number of nitrogens with zero attached hydrogens (tertiary/aromatic N) is 2. The average Bonchev–Trinajstić information content (AvgIpc) is 3.14. The highest BCUT2D eigenvalue weighted by molar-refractivity contribution is 8.16. The van der Waals surface area contributed by atoms with Gasteiger partial charge in [0.2, 0.25) is 5.91 Å². The van der Waals surface area contributed by atoms with Gasteiger partial charge in [-0.05, 0) is 74.4 Å². The van der Waals surface area contributed by atoms with Crippen molar-refractivity contribution in [2.45, 2.75) is 47.1 Å². The number of amides is 1. The second-order valence-corrected chi connectivity index (χ2v) is 9.41. The zero-order valence-corrected chi connectivity index (χ0v) is 21.0. The minimum Gasteiger partial charge on any atom is -0.463 e. The van der Waals surface area contributed by atoms with E-state index < -0.39 is 6.04 Å². The Morgan fingerprint density at radius 1 is 1.09 bits per heavy atom. The maximum atomic E-state index is 13.0. The number of carbonyl (C=O) groups is 2. The predicted molar refractivity (Wildman–Crippen MR) is 137 cm³/mol. The first-order chi connectivity index (χ1) is 16.3. The van der Waals surface area contributed by atoms with E-state index in [0.717, 1.165) is 38.8 Å². The van der Waals surface area contributed by atoms with Gasteiger partial charge in [0.05, 0.1) is 30.3 Å². The van der Waals surface area contributed by atoms with Gasteiger partial charge in [-0.2, -0.15) is 0 Å². The summed E-state index contributed by atoms with van der Waals surface area (Å²) in [6.45, 7) is 9.96. The van der Waals surface area contributed by atoms with Gasteiger partial charge in [0.1, 0.15) is 0 Å². The summed E-state index contributed by atoms with van der Waals surface area (Å²) in [7, 11) is 0. The molecule has 0 aliphatic carbocycles. The molecule has 1 atom stereocenters. The van der Waals surface area contributed by atoms with Crippen LogP contribution >= 0.6 is 11.8 Å². The number of ether oxygens (including phenoxy) is 1. The molecule has 0 saturated carbocycles. The van der Waals surface area contributed by atoms with Crippen molar-refractivity contribution in [2.24, 2.45) is 4.99 Å². The van der Waals surface area contributed by atoms with E-state index in [1.165, 1.54) is 11.8 Å². The Hall–Kier alpha value is -3.32. The fraction of sp³-hybridized carbons (Fsp3) is 0.296. The van der Waals surface area contributed by atoms with E-state index in [9.17, 15) is 9.59 Å². The molecule has 0 fully saturated rings. The van der Waals surface area contributed by atoms with Crippen LogP contribution in [0.4, 0.5) is 5.69 Å². The molecule has 6 nitrogen and oxygen atoms in total. The minimum absolute atomic E-state index is 0.120. The molecule has 0 unspecified atom stereocenters. The summed E-state index contributed by atoms with van der Waals surface area (Å²) in [5.41, 5.74) is 6.95. The van der Waals surface area contributed by atoms with Crippen LogP contribution in [0.3, 0.4) is 0 Å². The van der Waals surface area contributed by atoms with Crippen LogP contribution in [0.5, 0.6) is 0 Å². The van der Waals surface area contributed by atoms with Gasteiger partial charge in [0, 0.05) is 11.4 Å². The molecular formula is C27H29N3O3S. The number of rotatable bonds is 6. The zero-order valence-electron chi connectivity index (χ0n) is 20.1. The third kappa shape index (κ3) is 4.80. The Kier molecular flexibility index (Phi) is 6.93. The molecule has 2 aromatic rings. The Labute approximate surface area is 204 Å². The van der Waals surface area contributed by atoms with E-state index in [1.54, 1.807) is 6.92 Å². The minimum atomic E-state index is -0.414. The summed E-state index contributed by atoms with van der Waals surface area (Å²) in [6, 6.07) is 13.6. The van der Waals surface area contributed by atoms with Crippen molar-refractivity contribution in [3.8, 4) is 0 Å². The fourth-order valence-corrected chi connectivity index (χ4v) is 5.41. The lowest BCUT2D eigenvalue weighted by Crippen LogP contribution is -2.37. The van der Waals surface area contributed by atoms with Crippen LogP contribution in [0, 0.1) is 20.8 Å². The number of esters is 1. The highest BCUT2D eigenvalue weighted by Gasteiger charge is 2.41. The van der Waals surface area contributed by atoms with Crippen molar-refractivity contribution in [1.82, 2.24) is 4.90 Å². The zero-order chi connectivity index (χ0) is 24.4. The number of anilines is 1. The normalized spacial score (nSPS) is 17.2. The third-order valence-electron chi connectivity index (χ3n) is 5.83. The highest BCUT2D eigenvalue weighted by atomic mass is 32.2. The second kappa shape index (κ2) is 9.89. The number of fused-ring (bicyclic) bond motifs is 1. The number of nitrogens with one attached hydrogen (secondary N) is 1. The smallest absolute Gasteiger partial charge is 0.338 e. The number of benzene rings is 2. The fourth-order valence-electron chi connectivity index (χ4n) is 4.44. The number of hydrogen-bond acceptors (Lipinski definition) is 6. The average molecular weight is 476 g/mol. The lowest BCUT2D eigenvalue weighted by molar-refractivity contribution is -0.139. The van der Waals surface area contributed by atoms with E-state index in [2.05, 4.69) is 11.4 Å². The molecule has 0 saturated heterocycles. The van der Waals surface area contributed by atoms with Gasteiger partial charge in [0.15, 0.2) is 5.17 Å². The van der Waals surface area contributed by atoms with Crippen molar-refractivity contribution in [1.29, 1.82) is 0 Å². The van der Waals surface area contributed by atoms with Crippen LogP contribution in [0.1, 0.15) is 48.6 Å². The van der Waals surface area contributed by atoms with Gasteiger partial charge in [-0.1, -0.05) is 42.1 Å². The quantitative estimate of drug-likeness (QED) is 0.537. The molecule has 1 N–H and O–H groups in total. The summed E-state index contributed by atoms with van der Waals surface area (Å²) >= 11 is 1.47. The van der Waals surface area contributed by atoms with Crippen LogP contribution in [-0.2, 0) is 14.3 Å². The van der Waals surface area contributed by atoms with E-state index in [-0.39, 0.29) is 24.9 Å². The maximum absolute atomic E-state index is 13.0. The molecular weight excluding hydrogens is 446 g/mol. The Morgan fingerprint density at radius 2 is 1.79 bits per heavy atom. The summed E-state index contributed by atoms with van der Waals surface area (Å²) in [5, 5.41) is 5.72. The Morgan fingerprint density at radius 3 is 2.47 bits per heavy atom. The van der Waals surface area contributed by atoms with Crippen molar-refractivity contribution < 1.29 is 14.3 Å². The first-order valence-corrected chi connectivity index (χ1v) is 12.2. The van der Waals surface area contributed by atoms with E-state index >= 15 is 0 Å². The van der Waals surface area contributed by atoms with E-state index in [0.29, 0.717) is 11.3 Å². The third-order valence-corrected chi connectivity index (χ3v) is 6.71. The van der Waals surface area contributed by atoms with Gasteiger partial charge in [-0.3, -0.25) is 4.79 Å². The summed E-state index contributed by atoms with van der Waals surface area (Å²) in [5.74, 6) is -0.502. The molecule has 34 heavy (non-hydrogen) atoms. The molecule has 4 rings (SSSR count). The van der Waals surface area contributed by atoms with Crippen LogP contribution in [0.15, 0.2) is 69.8 Å². The standard InChI is InChI=1S/C27H29N3O3S/c1-6-33-26(32)24-19(5)28-27-30(25(24)22-10-8-7-9-18(22)4)21(15-34-27)14-23(31)29-20-12-16(2)11-17(3)13-20/h7-13,15,25H,6,14H2,1-5H3,(H,29,31)/t25-/m1/s1. The molecule has 2 aromatic carbocycles. The van der Waals surface area contributed by atoms with Crippen LogP contribution < -0.4 is 5.32 Å². The summed E-state index contributed by atoms with van der Waals surface area (Å²) in [4.78, 5) is 32.8. The molecule has 2 aliphatic heterocycles. The van der Waals surface area contributed by atoms with Crippen molar-refractivity contribution >= 4 is 34.5 Å². The first-order valence-electron chi connectivity index (χ1n) is 11.3. The SMILES string of the molecule is CCOC(=O)C1=C(C)N=C2SC=C(CC(=O)Nc3cc(C)cc(C)c3)N2[C@@H]1c1ccccc1C. The number of aryl methyl sites for hydroxylation is 3. The molecule has 2 aliphatic rings. The molecule has 0 bridgehead atoms. The number of carbonyl (C=O) groups excluding carboxylic acids is 2. The summed E-state index contributed by atoms with van der Waals surface area (Å²) in [6.07, 6.45) is 0.163. The number of amidine groups is 1. The second-order valence-electron chi connectivity index (χ2n) is 8.57. The largest absolute Gasteiger partial charge is 0.463 e. The van der Waals surface area contributed by atoms with Crippen molar-refractivity contribution in [2.75, 3.05) is 11.9 Å². The van der Waals surface area contributed by atoms with Gasteiger partial charge in [0.25, 0.3) is 0 Å². The molecule has 0 spiro atoms. The molecule has 1 amide bonds. The van der Waals surface area contributed by atoms with Gasteiger partial charge in [-0.25, -0.2) is 9.79 Å². The van der Waals surface area contributed by atoms with E-state index in [1.807, 2.05) is 74.4 Å². The van der Waals surface area contributed by atoms with Gasteiger partial charge in [-0.15, -0.1) is 0 Å². The lowest BCUT2D eigenvalue weighted by atomic mass is 9.91. The van der Waals surface area contributed by atoms with Gasteiger partial charge < -0.3 is 15.0 Å². The highest BCUT2D eigenvalue weighted by Crippen LogP contribution is 2.45. The monoisotopic (exact) mass is 475 g/mol. The Balaban J connectivity index is 1.67. The molecule has 176 valence electrons. The lowest BCUT2D eigenvalue weighted by Gasteiger charge is -2.37. The molecule has 2 heterocycles. The van der Waals surface area contributed by atoms with Crippen molar-refractivity contribution in [3.63, 3.8) is 0 Å². The number of allylic oxidation sites excluding steroid dienone is 1. The number of aliphatic imine (C=N–C) groups is 1. The van der Waals surface area contributed by atoms with Gasteiger partial charge >= 0.3 is 5.97 Å². The predicted octanol–water partition coefficient (Wildman–Crippen LogP) is 5.78. The molecule has 0 aromatic heterocycles. The molecule has 7 heteroatoms. The Bertz CT molecular complexity index is 1230. The van der Waals surface area contributed by atoms with Crippen LogP contribution in [-0.4, -0.2) is 28.6 Å². The van der Waals surface area contributed by atoms with Crippen molar-refractivity contribution in [3.05, 3.63) is 87.1 Å². The molecule has 0 radical (unpaired) electrons. The number of thioether (sulfide) groups is 1. The summed E-state index contributed by atoms with van der Waals surface area (Å²) < 4.78 is 5.41. The van der Waals surface area contributed by atoms with E-state index in [4.69, 9.17) is 9.73 Å². The topological polar surface area (TPSA) is 71.0 Å². The number of hydrogen-bond donors (Lipinski definition) is 1.